The molecule has 3 rings (SSSR count). The lowest BCUT2D eigenvalue weighted by Gasteiger charge is -2.30. The summed E-state index contributed by atoms with van der Waals surface area (Å²) in [5.74, 6) is -0.227. The van der Waals surface area contributed by atoms with E-state index in [2.05, 4.69) is 17.9 Å². The molecule has 1 saturated heterocycles. The van der Waals surface area contributed by atoms with Crippen molar-refractivity contribution in [1.82, 2.24) is 4.90 Å². The van der Waals surface area contributed by atoms with Crippen LogP contribution < -0.4 is 11.4 Å². The van der Waals surface area contributed by atoms with E-state index in [9.17, 15) is 9.59 Å². The second-order valence-electron chi connectivity index (χ2n) is 6.48. The van der Waals surface area contributed by atoms with Crippen molar-refractivity contribution in [2.45, 2.75) is 33.2 Å². The van der Waals surface area contributed by atoms with E-state index >= 15 is 0 Å². The molecule has 2 N–H and O–H groups in total. The van der Waals surface area contributed by atoms with Crippen LogP contribution in [-0.4, -0.2) is 23.9 Å². The van der Waals surface area contributed by atoms with Crippen LogP contribution in [0.1, 0.15) is 29.5 Å². The number of piperidine rings is 1. The Kier molecular flexibility index (Phi) is 4.22. The molecule has 122 valence electrons. The fraction of sp³-hybridized carbons (Fsp3) is 0.444. The second-order valence-corrected chi connectivity index (χ2v) is 6.48. The zero-order valence-electron chi connectivity index (χ0n) is 13.6. The van der Waals surface area contributed by atoms with E-state index in [-0.39, 0.29) is 17.5 Å². The third kappa shape index (κ3) is 3.29. The van der Waals surface area contributed by atoms with Crippen LogP contribution in [0.15, 0.2) is 27.4 Å². The lowest BCUT2D eigenvalue weighted by Crippen LogP contribution is -2.38. The predicted molar refractivity (Wildman–Crippen MR) is 89.2 cm³/mol. The van der Waals surface area contributed by atoms with Gasteiger partial charge in [0.05, 0.1) is 0 Å². The highest BCUT2D eigenvalue weighted by Gasteiger charge is 2.23. The molecule has 0 spiro atoms. The number of primary amides is 1. The van der Waals surface area contributed by atoms with Gasteiger partial charge in [0.2, 0.25) is 5.91 Å². The van der Waals surface area contributed by atoms with Crippen molar-refractivity contribution in [1.29, 1.82) is 0 Å². The van der Waals surface area contributed by atoms with Gasteiger partial charge >= 0.3 is 5.63 Å². The zero-order chi connectivity index (χ0) is 16.6. The topological polar surface area (TPSA) is 76.5 Å². The molecule has 1 amide bonds. The van der Waals surface area contributed by atoms with Gasteiger partial charge in [0, 0.05) is 23.9 Å². The molecule has 1 fully saturated rings. The molecule has 1 aliphatic heterocycles. The Hall–Kier alpha value is -2.14. The summed E-state index contributed by atoms with van der Waals surface area (Å²) in [5, 5.41) is 0.990. The molecule has 23 heavy (non-hydrogen) atoms. The number of rotatable bonds is 3. The number of hydrogen-bond donors (Lipinski definition) is 1. The minimum absolute atomic E-state index is 0.0197. The summed E-state index contributed by atoms with van der Waals surface area (Å²) in [6.07, 6.45) is 1.57. The lowest BCUT2D eigenvalue weighted by molar-refractivity contribution is -0.123. The third-order valence-electron chi connectivity index (χ3n) is 4.83. The van der Waals surface area contributed by atoms with Gasteiger partial charge in [0.1, 0.15) is 5.58 Å². The first-order valence-corrected chi connectivity index (χ1v) is 7.99. The van der Waals surface area contributed by atoms with E-state index in [1.54, 1.807) is 6.07 Å². The summed E-state index contributed by atoms with van der Waals surface area (Å²) in [7, 11) is 0. The Labute approximate surface area is 135 Å². The molecular formula is C18H22N2O3. The van der Waals surface area contributed by atoms with Crippen LogP contribution in [0.25, 0.3) is 11.0 Å². The molecular weight excluding hydrogens is 292 g/mol. The Morgan fingerprint density at radius 2 is 1.87 bits per heavy atom. The van der Waals surface area contributed by atoms with E-state index < -0.39 is 0 Å². The maximum atomic E-state index is 11.8. The first-order chi connectivity index (χ1) is 10.9. The lowest BCUT2D eigenvalue weighted by atomic mass is 9.95. The van der Waals surface area contributed by atoms with Crippen LogP contribution in [0.3, 0.4) is 0 Å². The summed E-state index contributed by atoms with van der Waals surface area (Å²) >= 11 is 0. The predicted octanol–water partition coefficient (Wildman–Crippen LogP) is 2.11. The van der Waals surface area contributed by atoms with Gasteiger partial charge in [-0.1, -0.05) is 0 Å². The van der Waals surface area contributed by atoms with Gasteiger partial charge in [0.25, 0.3) is 0 Å². The van der Waals surface area contributed by atoms with Crippen molar-refractivity contribution < 1.29 is 9.21 Å². The van der Waals surface area contributed by atoms with Crippen molar-refractivity contribution >= 4 is 16.9 Å². The summed E-state index contributed by atoms with van der Waals surface area (Å²) in [6, 6.07) is 5.59. The molecule has 0 atom stereocenters. The third-order valence-corrected chi connectivity index (χ3v) is 4.83. The molecule has 0 radical (unpaired) electrons. The van der Waals surface area contributed by atoms with Crippen molar-refractivity contribution in [3.8, 4) is 0 Å². The Bertz CT molecular complexity index is 802. The summed E-state index contributed by atoms with van der Waals surface area (Å²) in [4.78, 5) is 25.4. The van der Waals surface area contributed by atoms with E-state index in [0.717, 1.165) is 42.4 Å². The molecule has 5 heteroatoms. The number of carbonyl (C=O) groups excluding carboxylic acids is 1. The van der Waals surface area contributed by atoms with E-state index in [0.29, 0.717) is 12.1 Å². The number of nitrogens with two attached hydrogens (primary N) is 1. The molecule has 2 heterocycles. The molecule has 0 unspecified atom stereocenters. The highest BCUT2D eigenvalue weighted by Crippen LogP contribution is 2.24. The maximum absolute atomic E-state index is 11.8. The second kappa shape index (κ2) is 6.16. The fourth-order valence-electron chi connectivity index (χ4n) is 3.23. The molecule has 2 aromatic rings. The largest absolute Gasteiger partial charge is 0.423 e. The van der Waals surface area contributed by atoms with Gasteiger partial charge in [-0.15, -0.1) is 0 Å². The molecule has 5 nitrogen and oxygen atoms in total. The van der Waals surface area contributed by atoms with Crippen LogP contribution in [0.5, 0.6) is 0 Å². The van der Waals surface area contributed by atoms with Gasteiger partial charge in [-0.2, -0.15) is 0 Å². The standard InChI is InChI=1S/C18H22N2O3/c1-11-7-15-14(9-17(21)23-16(15)8-12(11)2)10-20-5-3-13(4-6-20)18(19)22/h7-9,13H,3-6,10H2,1-2H3,(H2,19,22). The monoisotopic (exact) mass is 314 g/mol. The highest BCUT2D eigenvalue weighted by atomic mass is 16.4. The number of fused-ring (bicyclic) bond motifs is 1. The minimum Gasteiger partial charge on any atom is -0.423 e. The van der Waals surface area contributed by atoms with E-state index in [1.807, 2.05) is 13.0 Å². The van der Waals surface area contributed by atoms with Gasteiger partial charge in [-0.25, -0.2) is 4.79 Å². The molecule has 0 aliphatic carbocycles. The smallest absolute Gasteiger partial charge is 0.336 e. The van der Waals surface area contributed by atoms with Crippen molar-refractivity contribution in [3.05, 3.63) is 45.3 Å². The molecule has 0 saturated carbocycles. The molecule has 1 aromatic carbocycles. The number of aryl methyl sites for hydroxylation is 2. The van der Waals surface area contributed by atoms with Gasteiger partial charge in [0.15, 0.2) is 0 Å². The van der Waals surface area contributed by atoms with Crippen LogP contribution in [0, 0.1) is 19.8 Å². The number of carbonyl (C=O) groups is 1. The van der Waals surface area contributed by atoms with Gasteiger partial charge in [-0.05, 0) is 68.6 Å². The van der Waals surface area contributed by atoms with Crippen LogP contribution in [0.4, 0.5) is 0 Å². The van der Waals surface area contributed by atoms with Crippen molar-refractivity contribution in [3.63, 3.8) is 0 Å². The summed E-state index contributed by atoms with van der Waals surface area (Å²) in [6.45, 7) is 6.40. The van der Waals surface area contributed by atoms with Gasteiger partial charge < -0.3 is 10.2 Å². The van der Waals surface area contributed by atoms with Crippen LogP contribution >= 0.6 is 0 Å². The maximum Gasteiger partial charge on any atom is 0.336 e. The Morgan fingerprint density at radius 1 is 1.22 bits per heavy atom. The van der Waals surface area contributed by atoms with Gasteiger partial charge in [-0.3, -0.25) is 9.69 Å². The van der Waals surface area contributed by atoms with E-state index in [1.165, 1.54) is 5.56 Å². The number of benzene rings is 1. The number of nitrogens with zero attached hydrogens (tertiary/aromatic N) is 1. The zero-order valence-corrected chi connectivity index (χ0v) is 13.6. The number of hydrogen-bond acceptors (Lipinski definition) is 4. The van der Waals surface area contributed by atoms with Crippen LogP contribution in [-0.2, 0) is 11.3 Å². The van der Waals surface area contributed by atoms with Crippen LogP contribution in [0.2, 0.25) is 0 Å². The van der Waals surface area contributed by atoms with E-state index in [4.69, 9.17) is 10.2 Å². The normalized spacial score (nSPS) is 16.8. The first-order valence-electron chi connectivity index (χ1n) is 7.99. The quantitative estimate of drug-likeness (QED) is 0.880. The molecule has 1 aromatic heterocycles. The fourth-order valence-corrected chi connectivity index (χ4v) is 3.23. The van der Waals surface area contributed by atoms with Crippen molar-refractivity contribution in [2.24, 2.45) is 11.7 Å². The number of amides is 1. The first kappa shape index (κ1) is 15.7. The highest BCUT2D eigenvalue weighted by molar-refractivity contribution is 5.82. The molecule has 0 bridgehead atoms. The van der Waals surface area contributed by atoms with Crippen molar-refractivity contribution in [2.75, 3.05) is 13.1 Å². The summed E-state index contributed by atoms with van der Waals surface area (Å²) < 4.78 is 5.34. The SMILES string of the molecule is Cc1cc2oc(=O)cc(CN3CCC(C(N)=O)CC3)c2cc1C. The minimum atomic E-state index is -0.317. The Morgan fingerprint density at radius 3 is 2.52 bits per heavy atom. The average molecular weight is 314 g/mol. The number of likely N-dealkylation sites (tertiary alicyclic amines) is 1. The molecule has 1 aliphatic rings. The Balaban J connectivity index is 1.87. The average Bonchev–Trinajstić information content (AvgIpc) is 2.50. The summed E-state index contributed by atoms with van der Waals surface area (Å²) in [5.41, 5.74) is 8.98.